The smallest absolute Gasteiger partial charge is 0.267 e. The van der Waals surface area contributed by atoms with E-state index in [0.717, 1.165) is 23.1 Å². The number of aliphatic hydroxyl groups excluding tert-OH is 1. The van der Waals surface area contributed by atoms with Gasteiger partial charge in [-0.25, -0.2) is 4.98 Å². The summed E-state index contributed by atoms with van der Waals surface area (Å²) in [6, 6.07) is 12.6. The molecule has 32 heavy (non-hydrogen) atoms. The molecule has 1 aliphatic heterocycles. The first kappa shape index (κ1) is 22.0. The van der Waals surface area contributed by atoms with Crippen molar-refractivity contribution in [2.45, 2.75) is 6.54 Å². The summed E-state index contributed by atoms with van der Waals surface area (Å²) < 4.78 is 6.99. The van der Waals surface area contributed by atoms with E-state index in [1.54, 1.807) is 31.5 Å². The van der Waals surface area contributed by atoms with Gasteiger partial charge in [0.25, 0.3) is 11.5 Å². The van der Waals surface area contributed by atoms with E-state index in [2.05, 4.69) is 10.3 Å². The Balaban J connectivity index is 1.68. The molecule has 2 aromatic heterocycles. The lowest BCUT2D eigenvalue weighted by Crippen LogP contribution is -2.27. The van der Waals surface area contributed by atoms with Crippen LogP contribution >= 0.6 is 24.0 Å². The molecule has 0 atom stereocenters. The van der Waals surface area contributed by atoms with Crippen LogP contribution in [-0.2, 0) is 11.3 Å². The molecule has 0 unspecified atom stereocenters. The maximum Gasteiger partial charge on any atom is 0.267 e. The zero-order chi connectivity index (χ0) is 22.7. The van der Waals surface area contributed by atoms with Crippen molar-refractivity contribution in [2.24, 2.45) is 0 Å². The summed E-state index contributed by atoms with van der Waals surface area (Å²) in [6.07, 6.45) is 3.13. The highest BCUT2D eigenvalue weighted by Gasteiger charge is 2.32. The van der Waals surface area contributed by atoms with Gasteiger partial charge in [-0.1, -0.05) is 42.2 Å². The Bertz CT molecular complexity index is 1270. The van der Waals surface area contributed by atoms with Gasteiger partial charge < -0.3 is 15.2 Å². The SMILES string of the molecule is COc1ccc(CN2C(=O)/C(=C/c3c(NCCO)nc4ccccn4c3=O)SC2=S)cc1. The van der Waals surface area contributed by atoms with Crippen LogP contribution in [0.25, 0.3) is 11.7 Å². The minimum absolute atomic E-state index is 0.126. The van der Waals surface area contributed by atoms with Crippen LogP contribution in [0, 0.1) is 0 Å². The van der Waals surface area contributed by atoms with E-state index in [4.69, 9.17) is 17.0 Å². The normalized spacial score (nSPS) is 15.1. The topological polar surface area (TPSA) is 96.2 Å². The first-order chi connectivity index (χ1) is 15.5. The van der Waals surface area contributed by atoms with Gasteiger partial charge in [0.1, 0.15) is 21.5 Å². The molecule has 1 aliphatic rings. The molecule has 1 amide bonds. The number of nitrogens with zero attached hydrogens (tertiary/aromatic N) is 3. The molecule has 0 radical (unpaired) electrons. The summed E-state index contributed by atoms with van der Waals surface area (Å²) in [4.78, 5) is 32.5. The number of hydrogen-bond acceptors (Lipinski definition) is 8. The van der Waals surface area contributed by atoms with Crippen LogP contribution in [0.2, 0.25) is 0 Å². The van der Waals surface area contributed by atoms with E-state index in [1.165, 1.54) is 15.4 Å². The number of amides is 1. The number of thioether (sulfide) groups is 1. The van der Waals surface area contributed by atoms with Crippen LogP contribution in [0.5, 0.6) is 5.75 Å². The monoisotopic (exact) mass is 468 g/mol. The van der Waals surface area contributed by atoms with Crippen molar-refractivity contribution in [3.05, 3.63) is 75.0 Å². The molecule has 3 aromatic rings. The number of ether oxygens (including phenoxy) is 1. The number of rotatable bonds is 7. The number of aliphatic hydroxyl groups is 1. The van der Waals surface area contributed by atoms with E-state index >= 15 is 0 Å². The number of benzene rings is 1. The summed E-state index contributed by atoms with van der Waals surface area (Å²) in [5.41, 5.74) is 1.27. The molecule has 3 heterocycles. The van der Waals surface area contributed by atoms with Gasteiger partial charge in [-0.15, -0.1) is 0 Å². The fourth-order valence-corrected chi connectivity index (χ4v) is 4.46. The van der Waals surface area contributed by atoms with Crippen molar-refractivity contribution in [3.63, 3.8) is 0 Å². The third-order valence-electron chi connectivity index (χ3n) is 4.82. The molecule has 1 aromatic carbocycles. The molecule has 4 rings (SSSR count). The van der Waals surface area contributed by atoms with Crippen molar-refractivity contribution < 1.29 is 14.6 Å². The van der Waals surface area contributed by atoms with Crippen LogP contribution in [0.4, 0.5) is 5.82 Å². The second-order valence-corrected chi connectivity index (χ2v) is 8.55. The van der Waals surface area contributed by atoms with E-state index in [-0.39, 0.29) is 30.2 Å². The van der Waals surface area contributed by atoms with Crippen molar-refractivity contribution in [3.8, 4) is 5.75 Å². The number of methoxy groups -OCH3 is 1. The lowest BCUT2D eigenvalue weighted by molar-refractivity contribution is -0.122. The summed E-state index contributed by atoms with van der Waals surface area (Å²) >= 11 is 6.57. The molecule has 0 spiro atoms. The Hall–Kier alpha value is -3.21. The number of nitrogens with one attached hydrogen (secondary N) is 1. The number of thiocarbonyl (C=S) groups is 1. The Morgan fingerprint density at radius 1 is 1.22 bits per heavy atom. The number of pyridine rings is 1. The van der Waals surface area contributed by atoms with Crippen molar-refractivity contribution >= 4 is 51.7 Å². The number of carbonyl (C=O) groups excluding carboxylic acids is 1. The van der Waals surface area contributed by atoms with Gasteiger partial charge in [0.15, 0.2) is 0 Å². The maximum absolute atomic E-state index is 13.1. The molecule has 10 heteroatoms. The highest BCUT2D eigenvalue weighted by atomic mass is 32.2. The van der Waals surface area contributed by atoms with E-state index in [9.17, 15) is 14.7 Å². The van der Waals surface area contributed by atoms with Gasteiger partial charge in [0.2, 0.25) is 0 Å². The highest BCUT2D eigenvalue weighted by molar-refractivity contribution is 8.26. The van der Waals surface area contributed by atoms with Gasteiger partial charge in [-0.3, -0.25) is 18.9 Å². The van der Waals surface area contributed by atoms with Gasteiger partial charge in [-0.2, -0.15) is 0 Å². The zero-order valence-electron chi connectivity index (χ0n) is 17.1. The average Bonchev–Trinajstić information content (AvgIpc) is 3.07. The zero-order valence-corrected chi connectivity index (χ0v) is 18.8. The molecular weight excluding hydrogens is 448 g/mol. The van der Waals surface area contributed by atoms with Crippen molar-refractivity contribution in [1.82, 2.24) is 14.3 Å². The Kier molecular flexibility index (Phi) is 6.54. The van der Waals surface area contributed by atoms with Crippen LogP contribution in [0.1, 0.15) is 11.1 Å². The number of hydrogen-bond donors (Lipinski definition) is 2. The second-order valence-electron chi connectivity index (χ2n) is 6.87. The molecule has 0 saturated carbocycles. The maximum atomic E-state index is 13.1. The van der Waals surface area contributed by atoms with Gasteiger partial charge in [0, 0.05) is 12.7 Å². The molecular formula is C22H20N4O4S2. The van der Waals surface area contributed by atoms with Crippen molar-refractivity contribution in [1.29, 1.82) is 0 Å². The quantitative estimate of drug-likeness (QED) is 0.403. The first-order valence-electron chi connectivity index (χ1n) is 9.76. The first-order valence-corrected chi connectivity index (χ1v) is 11.0. The molecule has 0 bridgehead atoms. The third kappa shape index (κ3) is 4.38. The lowest BCUT2D eigenvalue weighted by Gasteiger charge is -2.14. The van der Waals surface area contributed by atoms with Crippen LogP contribution in [0.3, 0.4) is 0 Å². The Morgan fingerprint density at radius 3 is 2.72 bits per heavy atom. The number of aromatic nitrogens is 2. The molecule has 0 aliphatic carbocycles. The summed E-state index contributed by atoms with van der Waals surface area (Å²) in [5, 5.41) is 12.2. The Morgan fingerprint density at radius 2 is 2.00 bits per heavy atom. The largest absolute Gasteiger partial charge is 0.497 e. The predicted octanol–water partition coefficient (Wildman–Crippen LogP) is 2.51. The number of carbonyl (C=O) groups is 1. The average molecular weight is 469 g/mol. The molecule has 1 saturated heterocycles. The van der Waals surface area contributed by atoms with Gasteiger partial charge in [0.05, 0.1) is 30.7 Å². The minimum Gasteiger partial charge on any atom is -0.497 e. The van der Waals surface area contributed by atoms with Crippen molar-refractivity contribution in [2.75, 3.05) is 25.6 Å². The van der Waals surface area contributed by atoms with Crippen LogP contribution in [0.15, 0.2) is 58.4 Å². The van der Waals surface area contributed by atoms with Gasteiger partial charge >= 0.3 is 0 Å². The number of anilines is 1. The van der Waals surface area contributed by atoms with Crippen LogP contribution < -0.4 is 15.6 Å². The standard InChI is InChI=1S/C22H20N4O4S2/c1-30-15-7-5-14(6-8-15)13-26-21(29)17(32-22(26)31)12-16-19(23-9-11-27)24-18-4-2-3-10-25(18)20(16)28/h2-8,10,12,23,27H,9,11,13H2,1H3/b17-12-. The highest BCUT2D eigenvalue weighted by Crippen LogP contribution is 2.34. The number of fused-ring (bicyclic) bond motifs is 1. The van der Waals surface area contributed by atoms with E-state index in [0.29, 0.717) is 27.2 Å². The summed E-state index contributed by atoms with van der Waals surface area (Å²) in [5.74, 6) is 0.753. The van der Waals surface area contributed by atoms with E-state index in [1.807, 2.05) is 24.3 Å². The second kappa shape index (κ2) is 9.51. The summed E-state index contributed by atoms with van der Waals surface area (Å²) in [7, 11) is 1.59. The van der Waals surface area contributed by atoms with Gasteiger partial charge in [-0.05, 0) is 35.9 Å². The van der Waals surface area contributed by atoms with E-state index < -0.39 is 0 Å². The van der Waals surface area contributed by atoms with Crippen LogP contribution in [-0.4, -0.2) is 49.9 Å². The fraction of sp³-hybridized carbons (Fsp3) is 0.182. The molecule has 164 valence electrons. The summed E-state index contributed by atoms with van der Waals surface area (Å²) in [6.45, 7) is 0.407. The molecule has 1 fully saturated rings. The predicted molar refractivity (Wildman–Crippen MR) is 129 cm³/mol. The molecule has 8 nitrogen and oxygen atoms in total. The fourth-order valence-electron chi connectivity index (χ4n) is 3.22. The lowest BCUT2D eigenvalue weighted by atomic mass is 10.2. The minimum atomic E-state index is -0.323. The molecule has 2 N–H and O–H groups in total. The third-order valence-corrected chi connectivity index (χ3v) is 6.20. The Labute approximate surface area is 193 Å².